The fourth-order valence-corrected chi connectivity index (χ4v) is 3.15. The smallest absolute Gasteiger partial charge is 0.252 e. The molecule has 1 saturated carbocycles. The molecule has 6 heteroatoms. The Labute approximate surface area is 142 Å². The molecule has 4 nitrogen and oxygen atoms in total. The molecule has 3 aromatic rings. The summed E-state index contributed by atoms with van der Waals surface area (Å²) in [4.78, 5) is 19.9. The summed E-state index contributed by atoms with van der Waals surface area (Å²) in [5.41, 5.74) is 1.95. The second-order valence-electron chi connectivity index (χ2n) is 5.76. The van der Waals surface area contributed by atoms with E-state index in [1.165, 1.54) is 0 Å². The summed E-state index contributed by atoms with van der Waals surface area (Å²) in [6.07, 6.45) is 5.18. The molecule has 1 aliphatic rings. The van der Waals surface area contributed by atoms with Gasteiger partial charge in [0.25, 0.3) is 5.91 Å². The van der Waals surface area contributed by atoms with Crippen molar-refractivity contribution in [2.24, 2.45) is 0 Å². The van der Waals surface area contributed by atoms with Gasteiger partial charge in [-0.1, -0.05) is 29.3 Å². The number of nitrogens with zero attached hydrogens (tertiary/aromatic N) is 1. The Hall–Kier alpha value is -2.04. The molecule has 1 fully saturated rings. The number of aromatic amines is 1. The molecule has 0 aliphatic heterocycles. The zero-order valence-corrected chi connectivity index (χ0v) is 13.6. The fraction of sp³-hybridized carbons (Fsp3) is 0.176. The molecule has 0 radical (unpaired) electrons. The van der Waals surface area contributed by atoms with Crippen molar-refractivity contribution in [3.63, 3.8) is 0 Å². The molecule has 4 rings (SSSR count). The van der Waals surface area contributed by atoms with Crippen molar-refractivity contribution in [3.8, 4) is 0 Å². The van der Waals surface area contributed by atoms with E-state index in [0.29, 0.717) is 21.3 Å². The average Bonchev–Trinajstić information content (AvgIpc) is 3.16. The van der Waals surface area contributed by atoms with E-state index in [0.717, 1.165) is 23.8 Å². The van der Waals surface area contributed by atoms with Gasteiger partial charge in [0.15, 0.2) is 0 Å². The van der Waals surface area contributed by atoms with E-state index < -0.39 is 0 Å². The Morgan fingerprint density at radius 3 is 2.74 bits per heavy atom. The van der Waals surface area contributed by atoms with Gasteiger partial charge in [-0.25, -0.2) is 4.98 Å². The van der Waals surface area contributed by atoms with Crippen molar-refractivity contribution in [2.75, 3.05) is 0 Å². The number of amides is 1. The molecule has 1 aliphatic carbocycles. The summed E-state index contributed by atoms with van der Waals surface area (Å²) >= 11 is 12.1. The van der Waals surface area contributed by atoms with Crippen LogP contribution in [0.15, 0.2) is 42.7 Å². The summed E-state index contributed by atoms with van der Waals surface area (Å²) in [5, 5.41) is 4.98. The highest BCUT2D eigenvalue weighted by molar-refractivity contribution is 6.42. The van der Waals surface area contributed by atoms with Crippen LogP contribution in [0.1, 0.15) is 28.8 Å². The first kappa shape index (κ1) is 14.5. The second-order valence-corrected chi connectivity index (χ2v) is 6.58. The summed E-state index contributed by atoms with van der Waals surface area (Å²) in [7, 11) is 0. The average molecular weight is 346 g/mol. The van der Waals surface area contributed by atoms with Crippen LogP contribution in [-0.2, 0) is 5.54 Å². The normalized spacial score (nSPS) is 15.6. The van der Waals surface area contributed by atoms with E-state index in [-0.39, 0.29) is 11.4 Å². The van der Waals surface area contributed by atoms with Gasteiger partial charge in [-0.15, -0.1) is 0 Å². The molecule has 1 aromatic carbocycles. The molecule has 0 spiro atoms. The maximum atomic E-state index is 12.7. The van der Waals surface area contributed by atoms with Gasteiger partial charge in [0.05, 0.1) is 21.1 Å². The van der Waals surface area contributed by atoms with Crippen LogP contribution in [0.25, 0.3) is 11.0 Å². The van der Waals surface area contributed by atoms with Crippen LogP contribution < -0.4 is 5.32 Å². The maximum absolute atomic E-state index is 12.7. The third-order valence-electron chi connectivity index (χ3n) is 4.28. The molecule has 0 unspecified atom stereocenters. The van der Waals surface area contributed by atoms with Gasteiger partial charge in [0, 0.05) is 17.8 Å². The maximum Gasteiger partial charge on any atom is 0.252 e. The minimum absolute atomic E-state index is 0.111. The number of fused-ring (bicyclic) bond motifs is 1. The predicted octanol–water partition coefficient (Wildman–Crippen LogP) is 4.29. The Kier molecular flexibility index (Phi) is 3.32. The Bertz CT molecular complexity index is 915. The van der Waals surface area contributed by atoms with Crippen LogP contribution in [0.2, 0.25) is 10.0 Å². The number of carbonyl (C=O) groups is 1. The number of nitrogens with one attached hydrogen (secondary N) is 2. The lowest BCUT2D eigenvalue weighted by Crippen LogP contribution is -2.35. The standard InChI is InChI=1S/C17H13Cl2N3O/c18-13-2-1-10(9-14(13)19)17(5-6-17)22-16(23)12-4-8-21-15-11(12)3-7-20-15/h1-4,7-9H,5-6H2,(H,20,21)(H,22,23). The van der Waals surface area contributed by atoms with Gasteiger partial charge in [0.2, 0.25) is 0 Å². The van der Waals surface area contributed by atoms with Crippen molar-refractivity contribution in [3.05, 3.63) is 63.9 Å². The Morgan fingerprint density at radius 2 is 2.00 bits per heavy atom. The largest absolute Gasteiger partial charge is 0.346 e. The predicted molar refractivity (Wildman–Crippen MR) is 90.9 cm³/mol. The number of rotatable bonds is 3. The van der Waals surface area contributed by atoms with Crippen LogP contribution in [0, 0.1) is 0 Å². The van der Waals surface area contributed by atoms with Gasteiger partial charge in [-0.3, -0.25) is 4.79 Å². The molecule has 2 aromatic heterocycles. The first-order chi connectivity index (χ1) is 11.1. The van der Waals surface area contributed by atoms with E-state index in [2.05, 4.69) is 15.3 Å². The quantitative estimate of drug-likeness (QED) is 0.743. The fourth-order valence-electron chi connectivity index (χ4n) is 2.85. The molecular formula is C17H13Cl2N3O. The third kappa shape index (κ3) is 2.48. The summed E-state index contributed by atoms with van der Waals surface area (Å²) in [6, 6.07) is 9.10. The number of pyridine rings is 1. The number of benzene rings is 1. The Morgan fingerprint density at radius 1 is 1.17 bits per heavy atom. The van der Waals surface area contributed by atoms with Crippen molar-refractivity contribution >= 4 is 40.1 Å². The minimum atomic E-state index is -0.350. The van der Waals surface area contributed by atoms with Crippen LogP contribution in [-0.4, -0.2) is 15.9 Å². The zero-order valence-electron chi connectivity index (χ0n) is 12.1. The number of aromatic nitrogens is 2. The monoisotopic (exact) mass is 345 g/mol. The topological polar surface area (TPSA) is 57.8 Å². The van der Waals surface area contributed by atoms with Gasteiger partial charge in [-0.2, -0.15) is 0 Å². The molecule has 2 heterocycles. The van der Waals surface area contributed by atoms with Crippen molar-refractivity contribution in [1.82, 2.24) is 15.3 Å². The van der Waals surface area contributed by atoms with Crippen LogP contribution in [0.4, 0.5) is 0 Å². The van der Waals surface area contributed by atoms with Crippen molar-refractivity contribution in [2.45, 2.75) is 18.4 Å². The van der Waals surface area contributed by atoms with E-state index >= 15 is 0 Å². The third-order valence-corrected chi connectivity index (χ3v) is 5.02. The second kappa shape index (κ2) is 5.25. The summed E-state index contributed by atoms with van der Waals surface area (Å²) < 4.78 is 0. The number of carbonyl (C=O) groups excluding carboxylic acids is 1. The Balaban J connectivity index is 1.66. The molecule has 23 heavy (non-hydrogen) atoms. The first-order valence-corrected chi connectivity index (χ1v) is 8.05. The highest BCUT2D eigenvalue weighted by Crippen LogP contribution is 2.47. The molecule has 0 saturated heterocycles. The lowest BCUT2D eigenvalue weighted by Gasteiger charge is -2.19. The van der Waals surface area contributed by atoms with E-state index in [4.69, 9.17) is 23.2 Å². The number of H-pyrrole nitrogens is 1. The molecule has 0 bridgehead atoms. The number of halogens is 2. The molecule has 116 valence electrons. The van der Waals surface area contributed by atoms with Crippen LogP contribution in [0.3, 0.4) is 0 Å². The van der Waals surface area contributed by atoms with Crippen LogP contribution >= 0.6 is 23.2 Å². The van der Waals surface area contributed by atoms with Crippen molar-refractivity contribution < 1.29 is 4.79 Å². The summed E-state index contributed by atoms with van der Waals surface area (Å²) in [6.45, 7) is 0. The first-order valence-electron chi connectivity index (χ1n) is 7.29. The van der Waals surface area contributed by atoms with Gasteiger partial charge < -0.3 is 10.3 Å². The zero-order chi connectivity index (χ0) is 16.0. The van der Waals surface area contributed by atoms with Gasteiger partial charge in [-0.05, 0) is 42.7 Å². The van der Waals surface area contributed by atoms with Crippen molar-refractivity contribution in [1.29, 1.82) is 0 Å². The van der Waals surface area contributed by atoms with Gasteiger partial charge in [0.1, 0.15) is 5.65 Å². The number of hydrogen-bond donors (Lipinski definition) is 2. The SMILES string of the molecule is O=C(NC1(c2ccc(Cl)c(Cl)c2)CC1)c1ccnc2[nH]ccc12. The lowest BCUT2D eigenvalue weighted by atomic mass is 10.0. The van der Waals surface area contributed by atoms with E-state index in [1.54, 1.807) is 24.5 Å². The van der Waals surface area contributed by atoms with E-state index in [9.17, 15) is 4.79 Å². The highest BCUT2D eigenvalue weighted by atomic mass is 35.5. The molecule has 0 atom stereocenters. The molecular weight excluding hydrogens is 333 g/mol. The molecule has 1 amide bonds. The minimum Gasteiger partial charge on any atom is -0.346 e. The van der Waals surface area contributed by atoms with Gasteiger partial charge >= 0.3 is 0 Å². The highest BCUT2D eigenvalue weighted by Gasteiger charge is 2.46. The summed E-state index contributed by atoms with van der Waals surface area (Å²) in [5.74, 6) is -0.111. The van der Waals surface area contributed by atoms with Crippen LogP contribution in [0.5, 0.6) is 0 Å². The lowest BCUT2D eigenvalue weighted by molar-refractivity contribution is 0.0932. The number of hydrogen-bond acceptors (Lipinski definition) is 2. The van der Waals surface area contributed by atoms with E-state index in [1.807, 2.05) is 18.2 Å². The molecule has 2 N–H and O–H groups in total.